The highest BCUT2D eigenvalue weighted by Crippen LogP contribution is 2.15. The molecule has 0 heterocycles. The number of aliphatic hydroxyl groups is 1. The number of rotatable bonds is 8. The number of aliphatic hydroxyl groups excluding tert-OH is 1. The van der Waals surface area contributed by atoms with Crippen LogP contribution in [0.25, 0.3) is 0 Å². The van der Waals surface area contributed by atoms with Gasteiger partial charge in [0.1, 0.15) is 5.78 Å². The minimum absolute atomic E-state index is 0.0624. The van der Waals surface area contributed by atoms with E-state index in [1.807, 2.05) is 61.5 Å². The molecule has 0 fully saturated rings. The van der Waals surface area contributed by atoms with E-state index in [1.165, 1.54) is 0 Å². The van der Waals surface area contributed by atoms with Crippen LogP contribution in [0.1, 0.15) is 24.5 Å². The van der Waals surface area contributed by atoms with Crippen LogP contribution in [0.5, 0.6) is 0 Å². The van der Waals surface area contributed by atoms with Crippen LogP contribution in [0.2, 0.25) is 0 Å². The second kappa shape index (κ2) is 8.99. The molecule has 24 heavy (non-hydrogen) atoms. The lowest BCUT2D eigenvalue weighted by atomic mass is 10.0. The van der Waals surface area contributed by atoms with Crippen molar-refractivity contribution in [1.29, 1.82) is 0 Å². The summed E-state index contributed by atoms with van der Waals surface area (Å²) in [4.78, 5) is 25.6. The van der Waals surface area contributed by atoms with Gasteiger partial charge >= 0.3 is 0 Å². The Morgan fingerprint density at radius 2 is 1.50 bits per heavy atom. The molecule has 4 nitrogen and oxygen atoms in total. The highest BCUT2D eigenvalue weighted by Gasteiger charge is 2.15. The maximum atomic E-state index is 12.6. The molecule has 2 rings (SSSR count). The molecule has 0 saturated heterocycles. The van der Waals surface area contributed by atoms with E-state index >= 15 is 0 Å². The fourth-order valence-electron chi connectivity index (χ4n) is 2.50. The van der Waals surface area contributed by atoms with Gasteiger partial charge in [0.05, 0.1) is 13.0 Å². The summed E-state index contributed by atoms with van der Waals surface area (Å²) in [5.74, 6) is 0.143. The first-order valence-electron chi connectivity index (χ1n) is 8.19. The van der Waals surface area contributed by atoms with Crippen LogP contribution in [0, 0.1) is 0 Å². The first kappa shape index (κ1) is 17.9. The normalized spacial score (nSPS) is 10.4. The van der Waals surface area contributed by atoms with Gasteiger partial charge < -0.3 is 10.0 Å². The molecule has 0 aromatic heterocycles. The first-order valence-corrected chi connectivity index (χ1v) is 8.19. The Morgan fingerprint density at radius 3 is 2.04 bits per heavy atom. The second-order valence-corrected chi connectivity index (χ2v) is 5.67. The minimum Gasteiger partial charge on any atom is -0.395 e. The number of para-hydroxylation sites is 1. The number of hydrogen-bond acceptors (Lipinski definition) is 3. The zero-order valence-electron chi connectivity index (χ0n) is 13.9. The van der Waals surface area contributed by atoms with Gasteiger partial charge in [0.2, 0.25) is 5.91 Å². The number of carbonyl (C=O) groups excluding carboxylic acids is 2. The SMILES string of the molecule is CCC(=O)Cc1ccc(CC(=O)N(CCO)c2ccccc2)cc1. The van der Waals surface area contributed by atoms with E-state index in [0.29, 0.717) is 12.8 Å². The van der Waals surface area contributed by atoms with Gasteiger partial charge in [0.25, 0.3) is 0 Å². The Morgan fingerprint density at radius 1 is 0.917 bits per heavy atom. The van der Waals surface area contributed by atoms with Crippen molar-refractivity contribution in [2.75, 3.05) is 18.1 Å². The van der Waals surface area contributed by atoms with Crippen molar-refractivity contribution >= 4 is 17.4 Å². The zero-order valence-corrected chi connectivity index (χ0v) is 13.9. The molecule has 0 radical (unpaired) electrons. The third-order valence-corrected chi connectivity index (χ3v) is 3.87. The average molecular weight is 325 g/mol. The Kier molecular flexibility index (Phi) is 6.70. The predicted molar refractivity (Wildman–Crippen MR) is 95.0 cm³/mol. The van der Waals surface area contributed by atoms with Crippen molar-refractivity contribution in [3.05, 3.63) is 65.7 Å². The maximum Gasteiger partial charge on any atom is 0.231 e. The summed E-state index contributed by atoms with van der Waals surface area (Å²) in [6, 6.07) is 16.9. The summed E-state index contributed by atoms with van der Waals surface area (Å²) in [7, 11) is 0. The molecule has 0 aliphatic carbocycles. The molecule has 0 bridgehead atoms. The van der Waals surface area contributed by atoms with E-state index in [2.05, 4.69) is 0 Å². The van der Waals surface area contributed by atoms with E-state index in [9.17, 15) is 14.7 Å². The smallest absolute Gasteiger partial charge is 0.231 e. The number of hydrogen-bond donors (Lipinski definition) is 1. The average Bonchev–Trinajstić information content (AvgIpc) is 2.61. The summed E-state index contributed by atoms with van der Waals surface area (Å²) in [6.07, 6.45) is 1.23. The summed E-state index contributed by atoms with van der Waals surface area (Å²) in [5, 5.41) is 9.23. The minimum atomic E-state index is -0.0846. The summed E-state index contributed by atoms with van der Waals surface area (Å²) in [5.41, 5.74) is 2.64. The molecule has 126 valence electrons. The van der Waals surface area contributed by atoms with E-state index in [0.717, 1.165) is 16.8 Å². The molecule has 1 amide bonds. The van der Waals surface area contributed by atoms with Crippen molar-refractivity contribution < 1.29 is 14.7 Å². The third-order valence-electron chi connectivity index (χ3n) is 3.87. The highest BCUT2D eigenvalue weighted by molar-refractivity contribution is 5.94. The van der Waals surface area contributed by atoms with Gasteiger partial charge in [-0.1, -0.05) is 49.4 Å². The van der Waals surface area contributed by atoms with Crippen molar-refractivity contribution in [2.24, 2.45) is 0 Å². The zero-order chi connectivity index (χ0) is 17.4. The fraction of sp³-hybridized carbons (Fsp3) is 0.300. The Bertz CT molecular complexity index is 665. The lowest BCUT2D eigenvalue weighted by Gasteiger charge is -2.22. The largest absolute Gasteiger partial charge is 0.395 e. The number of Topliss-reactive ketones (excluding diaryl/α,β-unsaturated/α-hetero) is 1. The number of nitrogens with zero attached hydrogens (tertiary/aromatic N) is 1. The lowest BCUT2D eigenvalue weighted by Crippen LogP contribution is -2.34. The number of carbonyl (C=O) groups is 2. The first-order chi connectivity index (χ1) is 11.6. The Hall–Kier alpha value is -2.46. The molecule has 2 aromatic rings. The van der Waals surface area contributed by atoms with Crippen LogP contribution in [0.4, 0.5) is 5.69 Å². The maximum absolute atomic E-state index is 12.6. The van der Waals surface area contributed by atoms with Crippen molar-refractivity contribution in [1.82, 2.24) is 0 Å². The van der Waals surface area contributed by atoms with E-state index in [-0.39, 0.29) is 31.3 Å². The number of benzene rings is 2. The van der Waals surface area contributed by atoms with E-state index in [4.69, 9.17) is 0 Å². The fourth-order valence-corrected chi connectivity index (χ4v) is 2.50. The number of anilines is 1. The Balaban J connectivity index is 2.05. The van der Waals surface area contributed by atoms with Crippen LogP contribution in [-0.4, -0.2) is 29.9 Å². The van der Waals surface area contributed by atoms with E-state index in [1.54, 1.807) is 4.90 Å². The van der Waals surface area contributed by atoms with Gasteiger partial charge in [-0.3, -0.25) is 9.59 Å². The molecular weight excluding hydrogens is 302 g/mol. The van der Waals surface area contributed by atoms with Crippen molar-refractivity contribution in [2.45, 2.75) is 26.2 Å². The molecule has 0 unspecified atom stereocenters. The summed E-state index contributed by atoms with van der Waals surface area (Å²) in [6.45, 7) is 2.04. The van der Waals surface area contributed by atoms with Crippen LogP contribution in [0.3, 0.4) is 0 Å². The monoisotopic (exact) mass is 325 g/mol. The van der Waals surface area contributed by atoms with E-state index < -0.39 is 0 Å². The van der Waals surface area contributed by atoms with Crippen LogP contribution in [-0.2, 0) is 22.4 Å². The standard InChI is InChI=1S/C20H23NO3/c1-2-19(23)14-16-8-10-17(11-9-16)15-20(24)21(12-13-22)18-6-4-3-5-7-18/h3-11,22H,2,12-15H2,1H3. The molecule has 0 spiro atoms. The molecule has 0 aliphatic rings. The van der Waals surface area contributed by atoms with Gasteiger partial charge in [0, 0.05) is 25.1 Å². The van der Waals surface area contributed by atoms with Gasteiger partial charge in [-0.05, 0) is 23.3 Å². The van der Waals surface area contributed by atoms with Crippen molar-refractivity contribution in [3.63, 3.8) is 0 Å². The summed E-state index contributed by atoms with van der Waals surface area (Å²) >= 11 is 0. The van der Waals surface area contributed by atoms with Gasteiger partial charge in [-0.2, -0.15) is 0 Å². The summed E-state index contributed by atoms with van der Waals surface area (Å²) < 4.78 is 0. The Labute approximate surface area is 142 Å². The molecule has 1 N–H and O–H groups in total. The van der Waals surface area contributed by atoms with Crippen molar-refractivity contribution in [3.8, 4) is 0 Å². The second-order valence-electron chi connectivity index (χ2n) is 5.67. The molecule has 0 saturated carbocycles. The van der Waals surface area contributed by atoms with Gasteiger partial charge in [-0.25, -0.2) is 0 Å². The number of ketones is 1. The lowest BCUT2D eigenvalue weighted by molar-refractivity contribution is -0.119. The predicted octanol–water partition coefficient (Wildman–Crippen LogP) is 2.78. The molecule has 4 heteroatoms. The van der Waals surface area contributed by atoms with Crippen LogP contribution in [0.15, 0.2) is 54.6 Å². The molecule has 2 aromatic carbocycles. The third kappa shape index (κ3) is 5.03. The quantitative estimate of drug-likeness (QED) is 0.812. The van der Waals surface area contributed by atoms with Crippen LogP contribution < -0.4 is 4.90 Å². The highest BCUT2D eigenvalue weighted by atomic mass is 16.3. The molecule has 0 aliphatic heterocycles. The topological polar surface area (TPSA) is 57.6 Å². The van der Waals surface area contributed by atoms with Crippen LogP contribution >= 0.6 is 0 Å². The number of amides is 1. The molecule has 0 atom stereocenters. The van der Waals surface area contributed by atoms with Gasteiger partial charge in [-0.15, -0.1) is 0 Å². The van der Waals surface area contributed by atoms with Gasteiger partial charge in [0.15, 0.2) is 0 Å². The molecular formula is C20H23NO3.